The minimum atomic E-state index is -2.72. The lowest BCUT2D eigenvalue weighted by molar-refractivity contribution is 0.145. The van der Waals surface area contributed by atoms with E-state index < -0.39 is 6.43 Å². The smallest absolute Gasteiger partial charge is 0.282 e. The number of alkyl halides is 2. The third kappa shape index (κ3) is 4.04. The van der Waals surface area contributed by atoms with Gasteiger partial charge in [0.1, 0.15) is 11.5 Å². The molecule has 2 aromatic carbocycles. The van der Waals surface area contributed by atoms with Crippen LogP contribution in [0.1, 0.15) is 30.2 Å². The van der Waals surface area contributed by atoms with Crippen LogP contribution in [0.3, 0.4) is 0 Å². The van der Waals surface area contributed by atoms with Crippen LogP contribution in [-0.4, -0.2) is 15.6 Å². The molecular weight excluding hydrogens is 346 g/mol. The Morgan fingerprint density at radius 3 is 2.52 bits per heavy atom. The highest BCUT2D eigenvalue weighted by molar-refractivity contribution is 6.01. The zero-order valence-electron chi connectivity index (χ0n) is 14.9. The van der Waals surface area contributed by atoms with Gasteiger partial charge in [0.25, 0.3) is 6.43 Å². The topological polar surface area (TPSA) is 56.2 Å². The largest absolute Gasteiger partial charge is 0.383 e. The summed E-state index contributed by atoms with van der Waals surface area (Å²) in [5, 5.41) is 3.77. The van der Waals surface area contributed by atoms with Gasteiger partial charge in [-0.15, -0.1) is 5.92 Å². The van der Waals surface area contributed by atoms with Crippen LogP contribution in [0.2, 0.25) is 0 Å². The number of halogens is 2. The highest BCUT2D eigenvalue weighted by Crippen LogP contribution is 2.31. The molecular formula is C21H18F2N4. The fourth-order valence-electron chi connectivity index (χ4n) is 2.75. The molecule has 0 saturated heterocycles. The Balaban J connectivity index is 2.03. The molecule has 0 spiro atoms. The second-order valence-corrected chi connectivity index (χ2v) is 5.87. The molecule has 0 aliphatic rings. The van der Waals surface area contributed by atoms with E-state index in [9.17, 15) is 8.78 Å². The summed E-state index contributed by atoms with van der Waals surface area (Å²) in [5.41, 5.74) is 9.08. The summed E-state index contributed by atoms with van der Waals surface area (Å²) in [4.78, 5) is 4.40. The Bertz CT molecular complexity index is 1040. The van der Waals surface area contributed by atoms with Crippen LogP contribution in [0, 0.1) is 11.8 Å². The van der Waals surface area contributed by atoms with Crippen LogP contribution in [0.15, 0.2) is 59.7 Å². The molecule has 1 aromatic heterocycles. The lowest BCUT2D eigenvalue weighted by atomic mass is 10.0. The molecule has 0 aliphatic heterocycles. The van der Waals surface area contributed by atoms with Gasteiger partial charge < -0.3 is 5.73 Å². The molecule has 6 heteroatoms. The van der Waals surface area contributed by atoms with Gasteiger partial charge in [0.05, 0.1) is 11.3 Å². The highest BCUT2D eigenvalue weighted by atomic mass is 19.3. The molecule has 0 fully saturated rings. The number of benzene rings is 2. The summed E-state index contributed by atoms with van der Waals surface area (Å²) in [6.07, 6.45) is -1.28. The minimum absolute atomic E-state index is 0.000630. The SMILES string of the molecule is CC#Cc1ccc(-c2ccccc2N=C(N)c2cn(C)nc2C(F)F)cc1. The first-order chi connectivity index (χ1) is 13.0. The number of para-hydroxylation sites is 1. The molecule has 3 aromatic rings. The predicted octanol–water partition coefficient (Wildman–Crippen LogP) is 4.43. The zero-order valence-corrected chi connectivity index (χ0v) is 14.9. The van der Waals surface area contributed by atoms with Crippen LogP contribution in [-0.2, 0) is 7.05 Å². The maximum absolute atomic E-state index is 13.2. The molecule has 2 N–H and O–H groups in total. The van der Waals surface area contributed by atoms with Gasteiger partial charge in [-0.1, -0.05) is 36.3 Å². The van der Waals surface area contributed by atoms with Crippen LogP contribution in [0.5, 0.6) is 0 Å². The maximum Gasteiger partial charge on any atom is 0.282 e. The van der Waals surface area contributed by atoms with E-state index in [-0.39, 0.29) is 17.1 Å². The number of amidine groups is 1. The van der Waals surface area contributed by atoms with E-state index in [4.69, 9.17) is 5.73 Å². The van der Waals surface area contributed by atoms with Gasteiger partial charge in [0.2, 0.25) is 0 Å². The van der Waals surface area contributed by atoms with E-state index in [1.165, 1.54) is 10.9 Å². The molecule has 136 valence electrons. The van der Waals surface area contributed by atoms with E-state index in [2.05, 4.69) is 21.9 Å². The molecule has 0 amide bonds. The van der Waals surface area contributed by atoms with Crippen LogP contribution in [0.25, 0.3) is 11.1 Å². The Kier molecular flexibility index (Phi) is 5.32. The first-order valence-corrected chi connectivity index (χ1v) is 8.28. The molecule has 0 unspecified atom stereocenters. The molecule has 4 nitrogen and oxygen atoms in total. The van der Waals surface area contributed by atoms with Crippen molar-refractivity contribution in [2.24, 2.45) is 17.8 Å². The van der Waals surface area contributed by atoms with E-state index in [1.807, 2.05) is 42.5 Å². The first-order valence-electron chi connectivity index (χ1n) is 8.28. The number of aromatic nitrogens is 2. The second-order valence-electron chi connectivity index (χ2n) is 5.87. The Labute approximate surface area is 156 Å². The van der Waals surface area contributed by atoms with Gasteiger partial charge in [-0.25, -0.2) is 13.8 Å². The monoisotopic (exact) mass is 364 g/mol. The lowest BCUT2D eigenvalue weighted by Gasteiger charge is -2.08. The summed E-state index contributed by atoms with van der Waals surface area (Å²) >= 11 is 0. The number of nitrogens with zero attached hydrogens (tertiary/aromatic N) is 3. The van der Waals surface area contributed by atoms with Crippen molar-refractivity contribution in [3.05, 3.63) is 71.5 Å². The van der Waals surface area contributed by atoms with Gasteiger partial charge in [0, 0.05) is 24.4 Å². The van der Waals surface area contributed by atoms with Crippen molar-refractivity contribution >= 4 is 11.5 Å². The van der Waals surface area contributed by atoms with Crippen molar-refractivity contribution in [3.8, 4) is 23.0 Å². The Morgan fingerprint density at radius 1 is 1.15 bits per heavy atom. The fourth-order valence-corrected chi connectivity index (χ4v) is 2.75. The van der Waals surface area contributed by atoms with Gasteiger partial charge in [0.15, 0.2) is 0 Å². The average Bonchev–Trinajstić information content (AvgIpc) is 3.06. The van der Waals surface area contributed by atoms with Crippen molar-refractivity contribution in [1.29, 1.82) is 0 Å². The summed E-state index contributed by atoms with van der Waals surface area (Å²) in [5.74, 6) is 5.85. The number of hydrogen-bond donors (Lipinski definition) is 1. The van der Waals surface area contributed by atoms with Crippen LogP contribution in [0.4, 0.5) is 14.5 Å². The van der Waals surface area contributed by atoms with Crippen molar-refractivity contribution in [3.63, 3.8) is 0 Å². The zero-order chi connectivity index (χ0) is 19.4. The summed E-state index contributed by atoms with van der Waals surface area (Å²) < 4.78 is 27.7. The van der Waals surface area contributed by atoms with Gasteiger partial charge in [-0.2, -0.15) is 5.10 Å². The third-order valence-electron chi connectivity index (χ3n) is 3.95. The molecule has 0 atom stereocenters. The fraction of sp³-hybridized carbons (Fsp3) is 0.143. The number of hydrogen-bond acceptors (Lipinski definition) is 2. The predicted molar refractivity (Wildman–Crippen MR) is 103 cm³/mol. The Morgan fingerprint density at radius 2 is 1.85 bits per heavy atom. The van der Waals surface area contributed by atoms with Crippen molar-refractivity contribution in [2.75, 3.05) is 0 Å². The van der Waals surface area contributed by atoms with E-state index in [0.717, 1.165) is 16.7 Å². The molecule has 1 heterocycles. The normalized spacial score (nSPS) is 11.4. The quantitative estimate of drug-likeness (QED) is 0.423. The van der Waals surface area contributed by atoms with Crippen LogP contribution >= 0.6 is 0 Å². The van der Waals surface area contributed by atoms with E-state index in [1.54, 1.807) is 20.0 Å². The number of aryl methyl sites for hydroxylation is 1. The first kappa shape index (κ1) is 18.3. The number of nitrogens with two attached hydrogens (primary N) is 1. The Hall–Kier alpha value is -3.46. The van der Waals surface area contributed by atoms with Gasteiger partial charge >= 0.3 is 0 Å². The summed E-state index contributed by atoms with van der Waals surface area (Å²) in [7, 11) is 1.57. The summed E-state index contributed by atoms with van der Waals surface area (Å²) in [6.45, 7) is 1.78. The number of rotatable bonds is 4. The maximum atomic E-state index is 13.2. The molecule has 0 aliphatic carbocycles. The molecule has 0 radical (unpaired) electrons. The second kappa shape index (κ2) is 7.83. The number of aliphatic imine (C=N–C) groups is 1. The van der Waals surface area contributed by atoms with Crippen molar-refractivity contribution in [2.45, 2.75) is 13.3 Å². The van der Waals surface area contributed by atoms with Gasteiger partial charge in [-0.05, 0) is 30.7 Å². The van der Waals surface area contributed by atoms with E-state index in [0.29, 0.717) is 5.69 Å². The van der Waals surface area contributed by atoms with Crippen LogP contribution < -0.4 is 5.73 Å². The molecule has 0 bridgehead atoms. The highest BCUT2D eigenvalue weighted by Gasteiger charge is 2.20. The van der Waals surface area contributed by atoms with Crippen molar-refractivity contribution < 1.29 is 8.78 Å². The van der Waals surface area contributed by atoms with Crippen molar-refractivity contribution in [1.82, 2.24) is 9.78 Å². The molecule has 3 rings (SSSR count). The lowest BCUT2D eigenvalue weighted by Crippen LogP contribution is -2.14. The van der Waals surface area contributed by atoms with E-state index >= 15 is 0 Å². The minimum Gasteiger partial charge on any atom is -0.383 e. The standard InChI is InChI=1S/C21H18F2N4/c1-3-6-14-9-11-15(12-10-14)16-7-4-5-8-18(16)25-21(24)17-13-27(2)26-19(17)20(22)23/h4-5,7-13,20H,1-2H3,(H2,24,25). The third-order valence-corrected chi connectivity index (χ3v) is 3.95. The average molecular weight is 364 g/mol. The molecule has 0 saturated carbocycles. The molecule has 27 heavy (non-hydrogen) atoms. The summed E-state index contributed by atoms with van der Waals surface area (Å²) in [6, 6.07) is 15.1. The van der Waals surface area contributed by atoms with Gasteiger partial charge in [-0.3, -0.25) is 4.68 Å².